The van der Waals surface area contributed by atoms with E-state index in [9.17, 15) is 14.6 Å². The maximum atomic E-state index is 14.3. The molecule has 0 unspecified atom stereocenters. The van der Waals surface area contributed by atoms with E-state index in [1.54, 1.807) is 12.3 Å². The van der Waals surface area contributed by atoms with Crippen LogP contribution < -0.4 is 5.32 Å². The lowest BCUT2D eigenvalue weighted by Gasteiger charge is -2.37. The molecule has 1 aliphatic rings. The summed E-state index contributed by atoms with van der Waals surface area (Å²) < 4.78 is 19.5. The highest BCUT2D eigenvalue weighted by molar-refractivity contribution is 6.31. The number of anilines is 1. The molecule has 5 N–H and O–H groups in total. The molecule has 0 aliphatic carbocycles. The van der Waals surface area contributed by atoms with Gasteiger partial charge in [-0.2, -0.15) is 0 Å². The molecular weight excluding hydrogens is 393 g/mol. The van der Waals surface area contributed by atoms with Gasteiger partial charge >= 0.3 is 0 Å². The number of nitrogens with one attached hydrogen (secondary N) is 2. The number of rotatable bonds is 4. The second-order valence-corrected chi connectivity index (χ2v) is 6.87. The number of H-pyrrole nitrogens is 1. The zero-order chi connectivity index (χ0) is 19.8. The van der Waals surface area contributed by atoms with Crippen LogP contribution in [0, 0.1) is 5.82 Å². The van der Waals surface area contributed by atoms with Gasteiger partial charge in [-0.25, -0.2) is 19.3 Å². The highest BCUT2D eigenvalue weighted by Crippen LogP contribution is 2.28. The van der Waals surface area contributed by atoms with E-state index < -0.39 is 36.8 Å². The van der Waals surface area contributed by atoms with Crippen molar-refractivity contribution in [3.05, 3.63) is 35.5 Å². The van der Waals surface area contributed by atoms with Gasteiger partial charge in [-0.15, -0.1) is 0 Å². The summed E-state index contributed by atoms with van der Waals surface area (Å²) in [5.41, 5.74) is 1.16. The van der Waals surface area contributed by atoms with Gasteiger partial charge in [0.05, 0.1) is 30.5 Å². The van der Waals surface area contributed by atoms with Crippen LogP contribution in [-0.4, -0.2) is 72.8 Å². The molecule has 0 aromatic carbocycles. The summed E-state index contributed by atoms with van der Waals surface area (Å²) in [7, 11) is 0. The Bertz CT molecular complexity index is 1000. The van der Waals surface area contributed by atoms with Gasteiger partial charge in [0, 0.05) is 23.3 Å². The molecule has 148 valence electrons. The van der Waals surface area contributed by atoms with Crippen molar-refractivity contribution < 1.29 is 24.4 Å². The third-order valence-electron chi connectivity index (χ3n) is 4.62. The fraction of sp³-hybridized carbons (Fsp3) is 0.353. The van der Waals surface area contributed by atoms with E-state index in [4.69, 9.17) is 21.4 Å². The molecule has 0 radical (unpaired) electrons. The van der Waals surface area contributed by atoms with Crippen LogP contribution in [0.1, 0.15) is 0 Å². The van der Waals surface area contributed by atoms with Gasteiger partial charge in [-0.1, -0.05) is 11.6 Å². The number of aliphatic hydroxyl groups is 3. The molecule has 3 aromatic rings. The first-order valence-corrected chi connectivity index (χ1v) is 8.86. The van der Waals surface area contributed by atoms with E-state index in [2.05, 4.69) is 25.3 Å². The Morgan fingerprint density at radius 3 is 2.89 bits per heavy atom. The molecule has 0 saturated carbocycles. The molecule has 0 bridgehead atoms. The highest BCUT2D eigenvalue weighted by Gasteiger charge is 2.38. The fourth-order valence-corrected chi connectivity index (χ4v) is 3.26. The Morgan fingerprint density at radius 2 is 2.11 bits per heavy atom. The van der Waals surface area contributed by atoms with Gasteiger partial charge in [0.25, 0.3) is 0 Å². The Kier molecular flexibility index (Phi) is 5.13. The van der Waals surface area contributed by atoms with E-state index >= 15 is 0 Å². The maximum absolute atomic E-state index is 14.3. The topological polar surface area (TPSA) is 136 Å². The smallest absolute Gasteiger partial charge is 0.183 e. The summed E-state index contributed by atoms with van der Waals surface area (Å²) in [5.74, 6) is -0.665. The van der Waals surface area contributed by atoms with E-state index in [0.29, 0.717) is 21.6 Å². The number of aromatic amines is 1. The number of hydrogen-bond donors (Lipinski definition) is 5. The quantitative estimate of drug-likeness (QED) is 0.425. The molecule has 4 rings (SSSR count). The summed E-state index contributed by atoms with van der Waals surface area (Å²) in [4.78, 5) is 15.4. The first-order chi connectivity index (χ1) is 13.5. The Balaban J connectivity index is 1.63. The largest absolute Gasteiger partial charge is 0.394 e. The lowest BCUT2D eigenvalue weighted by atomic mass is 9.98. The molecule has 0 spiro atoms. The van der Waals surface area contributed by atoms with E-state index in [-0.39, 0.29) is 18.2 Å². The van der Waals surface area contributed by atoms with Crippen LogP contribution >= 0.6 is 11.6 Å². The van der Waals surface area contributed by atoms with Gasteiger partial charge in [0.1, 0.15) is 24.0 Å². The first kappa shape index (κ1) is 19.0. The summed E-state index contributed by atoms with van der Waals surface area (Å²) in [6, 6.07) is 0.869. The number of aromatic nitrogens is 4. The maximum Gasteiger partial charge on any atom is 0.183 e. The summed E-state index contributed by atoms with van der Waals surface area (Å²) in [5, 5.41) is 33.2. The number of ether oxygens (including phenoxy) is 1. The number of nitrogens with zero attached hydrogens (tertiary/aromatic N) is 3. The van der Waals surface area contributed by atoms with Gasteiger partial charge in [-0.05, 0) is 6.07 Å². The SMILES string of the molecule is OC[C@H]1OC[C@H](Nc2nc(-c3c[nH]c4ncc(Cl)cc34)ncc2F)[C@@H](O)[C@@H]1O. The lowest BCUT2D eigenvalue weighted by molar-refractivity contribution is -0.152. The minimum Gasteiger partial charge on any atom is -0.394 e. The summed E-state index contributed by atoms with van der Waals surface area (Å²) in [6.07, 6.45) is 0.645. The van der Waals surface area contributed by atoms with Crippen LogP contribution in [-0.2, 0) is 4.74 Å². The Morgan fingerprint density at radius 1 is 1.29 bits per heavy atom. The Hall–Kier alpha value is -2.37. The number of halogens is 2. The molecule has 28 heavy (non-hydrogen) atoms. The predicted octanol–water partition coefficient (Wildman–Crippen LogP) is 0.706. The third-order valence-corrected chi connectivity index (χ3v) is 4.82. The lowest BCUT2D eigenvalue weighted by Crippen LogP contribution is -2.56. The van der Waals surface area contributed by atoms with Crippen molar-refractivity contribution in [3.63, 3.8) is 0 Å². The molecule has 0 amide bonds. The predicted molar refractivity (Wildman–Crippen MR) is 98.3 cm³/mol. The second-order valence-electron chi connectivity index (χ2n) is 6.43. The zero-order valence-electron chi connectivity index (χ0n) is 14.4. The van der Waals surface area contributed by atoms with Gasteiger partial charge in [0.15, 0.2) is 17.5 Å². The van der Waals surface area contributed by atoms with Gasteiger partial charge in [0.2, 0.25) is 0 Å². The fourth-order valence-electron chi connectivity index (χ4n) is 3.11. The third kappa shape index (κ3) is 3.40. The molecule has 4 atom stereocenters. The normalized spacial score (nSPS) is 25.2. The first-order valence-electron chi connectivity index (χ1n) is 8.48. The zero-order valence-corrected chi connectivity index (χ0v) is 15.1. The second kappa shape index (κ2) is 7.57. The summed E-state index contributed by atoms with van der Waals surface area (Å²) in [6.45, 7) is -0.483. The molecule has 11 heteroatoms. The molecule has 9 nitrogen and oxygen atoms in total. The summed E-state index contributed by atoms with van der Waals surface area (Å²) >= 11 is 6.00. The number of pyridine rings is 1. The van der Waals surface area contributed by atoms with Crippen molar-refractivity contribution in [2.45, 2.75) is 24.4 Å². The Labute approximate surface area is 163 Å². The highest BCUT2D eigenvalue weighted by atomic mass is 35.5. The monoisotopic (exact) mass is 409 g/mol. The molecule has 1 fully saturated rings. The standard InChI is InChI=1S/C17H17ClFN5O4/c18-7-1-8-9(3-21-15(8)20-2-7)16-22-4-10(19)17(24-16)23-11-6-28-12(5-25)14(27)13(11)26/h1-4,11-14,25-27H,5-6H2,(H,20,21)(H,22,23,24)/t11-,12+,13+,14+/m0/s1. The number of fused-ring (bicyclic) bond motifs is 1. The van der Waals surface area contributed by atoms with Crippen LogP contribution in [0.25, 0.3) is 22.4 Å². The molecular formula is C17H17ClFN5O4. The van der Waals surface area contributed by atoms with Crippen molar-refractivity contribution in [1.82, 2.24) is 19.9 Å². The van der Waals surface area contributed by atoms with Crippen molar-refractivity contribution in [2.75, 3.05) is 18.5 Å². The van der Waals surface area contributed by atoms with Crippen LogP contribution in [0.15, 0.2) is 24.7 Å². The van der Waals surface area contributed by atoms with Crippen molar-refractivity contribution in [2.24, 2.45) is 0 Å². The average molecular weight is 410 g/mol. The van der Waals surface area contributed by atoms with Crippen molar-refractivity contribution in [3.8, 4) is 11.4 Å². The van der Waals surface area contributed by atoms with Crippen molar-refractivity contribution >= 4 is 28.5 Å². The van der Waals surface area contributed by atoms with Gasteiger partial charge in [-0.3, -0.25) is 0 Å². The van der Waals surface area contributed by atoms with E-state index in [1.807, 2.05) is 0 Å². The van der Waals surface area contributed by atoms with Crippen molar-refractivity contribution in [1.29, 1.82) is 0 Å². The molecule has 1 saturated heterocycles. The van der Waals surface area contributed by atoms with E-state index in [0.717, 1.165) is 6.20 Å². The minimum atomic E-state index is -1.32. The van der Waals surface area contributed by atoms with Crippen LogP contribution in [0.3, 0.4) is 0 Å². The van der Waals surface area contributed by atoms with Crippen LogP contribution in [0.4, 0.5) is 10.2 Å². The molecule has 3 aromatic heterocycles. The molecule has 1 aliphatic heterocycles. The average Bonchev–Trinajstić information content (AvgIpc) is 3.10. The number of aliphatic hydroxyl groups excluding tert-OH is 3. The van der Waals surface area contributed by atoms with Crippen LogP contribution in [0.2, 0.25) is 5.02 Å². The minimum absolute atomic E-state index is 0.0468. The van der Waals surface area contributed by atoms with E-state index in [1.165, 1.54) is 6.20 Å². The van der Waals surface area contributed by atoms with Crippen LogP contribution in [0.5, 0.6) is 0 Å². The number of hydrogen-bond acceptors (Lipinski definition) is 8. The van der Waals surface area contributed by atoms with Gasteiger partial charge < -0.3 is 30.4 Å². The molecule has 4 heterocycles.